The molecule has 0 N–H and O–H groups in total. The Kier molecular flexibility index (Phi) is 3.63. The van der Waals surface area contributed by atoms with Crippen LogP contribution in [0.3, 0.4) is 0 Å². The zero-order valence-electron chi connectivity index (χ0n) is 5.65. The standard InChI is InChI=1S/C4H7NO3S.Li/c6-9(7,8)5-3-1-2-4-5;/h1-2H,3-4H2,(H,6,7,8);/q;+1/p-1. The Morgan fingerprint density at radius 3 is 1.90 bits per heavy atom. The first kappa shape index (κ1) is 10.2. The van der Waals surface area contributed by atoms with Crippen molar-refractivity contribution in [3.63, 3.8) is 0 Å². The molecule has 52 valence electrons. The van der Waals surface area contributed by atoms with Gasteiger partial charge in [0.2, 0.25) is 0 Å². The average Bonchev–Trinajstić information content (AvgIpc) is 2.08. The van der Waals surface area contributed by atoms with Crippen molar-refractivity contribution in [2.45, 2.75) is 0 Å². The molecular formula is C4H6LiNO3S. The van der Waals surface area contributed by atoms with E-state index in [2.05, 4.69) is 0 Å². The first-order chi connectivity index (χ1) is 4.11. The Labute approximate surface area is 72.0 Å². The van der Waals surface area contributed by atoms with Crippen LogP contribution < -0.4 is 18.9 Å². The molecule has 4 nitrogen and oxygen atoms in total. The molecule has 0 atom stereocenters. The minimum absolute atomic E-state index is 0. The van der Waals surface area contributed by atoms with Gasteiger partial charge in [0.15, 0.2) is 10.3 Å². The maximum absolute atomic E-state index is 10.2. The zero-order chi connectivity index (χ0) is 6.91. The topological polar surface area (TPSA) is 60.4 Å². The molecule has 1 aliphatic heterocycles. The molecule has 0 bridgehead atoms. The SMILES string of the molecule is O=S(=O)([O-])N1CC=CC1.[Li+]. The largest absolute Gasteiger partial charge is 1.00 e. The first-order valence-corrected chi connectivity index (χ1v) is 3.83. The van der Waals surface area contributed by atoms with E-state index in [1.807, 2.05) is 0 Å². The van der Waals surface area contributed by atoms with Crippen LogP contribution in [-0.2, 0) is 10.3 Å². The fourth-order valence-electron chi connectivity index (χ4n) is 0.641. The maximum Gasteiger partial charge on any atom is 1.00 e. The van der Waals surface area contributed by atoms with Crippen molar-refractivity contribution in [1.29, 1.82) is 0 Å². The van der Waals surface area contributed by atoms with Gasteiger partial charge in [0, 0.05) is 13.1 Å². The molecule has 0 aliphatic carbocycles. The normalized spacial score (nSPS) is 18.9. The second-order valence-electron chi connectivity index (χ2n) is 1.75. The summed E-state index contributed by atoms with van der Waals surface area (Å²) in [6, 6.07) is 0. The van der Waals surface area contributed by atoms with Gasteiger partial charge < -0.3 is 4.55 Å². The Balaban J connectivity index is 0.000000810. The van der Waals surface area contributed by atoms with E-state index < -0.39 is 10.3 Å². The minimum atomic E-state index is -4.18. The van der Waals surface area contributed by atoms with Gasteiger partial charge in [-0.1, -0.05) is 12.2 Å². The Bertz CT molecular complexity index is 215. The zero-order valence-corrected chi connectivity index (χ0v) is 6.47. The van der Waals surface area contributed by atoms with Crippen molar-refractivity contribution in [2.75, 3.05) is 13.1 Å². The van der Waals surface area contributed by atoms with Crippen LogP contribution >= 0.6 is 0 Å². The molecule has 0 saturated carbocycles. The molecule has 1 rings (SSSR count). The van der Waals surface area contributed by atoms with E-state index in [9.17, 15) is 13.0 Å². The van der Waals surface area contributed by atoms with Gasteiger partial charge in [0.25, 0.3) is 0 Å². The number of nitrogens with zero attached hydrogens (tertiary/aromatic N) is 1. The van der Waals surface area contributed by atoms with Crippen molar-refractivity contribution in [3.8, 4) is 0 Å². The summed E-state index contributed by atoms with van der Waals surface area (Å²) in [6.07, 6.45) is 3.30. The van der Waals surface area contributed by atoms with Gasteiger partial charge in [-0.3, -0.25) is 0 Å². The van der Waals surface area contributed by atoms with Crippen molar-refractivity contribution < 1.29 is 31.8 Å². The molecule has 0 spiro atoms. The third kappa shape index (κ3) is 2.44. The average molecular weight is 155 g/mol. The van der Waals surface area contributed by atoms with E-state index in [-0.39, 0.29) is 32.0 Å². The van der Waals surface area contributed by atoms with E-state index in [0.717, 1.165) is 4.31 Å². The van der Waals surface area contributed by atoms with Gasteiger partial charge in [-0.05, 0) is 0 Å². The summed E-state index contributed by atoms with van der Waals surface area (Å²) in [6.45, 7) is 0.456. The molecular weight excluding hydrogens is 149 g/mol. The van der Waals surface area contributed by atoms with Crippen molar-refractivity contribution in [2.24, 2.45) is 0 Å². The third-order valence-corrected chi connectivity index (χ3v) is 2.03. The first-order valence-electron chi connectivity index (χ1n) is 2.46. The fourth-order valence-corrected chi connectivity index (χ4v) is 1.18. The summed E-state index contributed by atoms with van der Waals surface area (Å²) in [5.74, 6) is 0. The molecule has 1 aliphatic rings. The predicted octanol–water partition coefficient (Wildman–Crippen LogP) is -3.68. The molecule has 0 aromatic carbocycles. The number of hydrogen-bond acceptors (Lipinski definition) is 3. The van der Waals surface area contributed by atoms with E-state index in [4.69, 9.17) is 0 Å². The Morgan fingerprint density at radius 2 is 1.70 bits per heavy atom. The molecule has 0 unspecified atom stereocenters. The van der Waals surface area contributed by atoms with Gasteiger partial charge in [-0.15, -0.1) is 0 Å². The summed E-state index contributed by atoms with van der Waals surface area (Å²) in [4.78, 5) is 0. The molecule has 6 heteroatoms. The van der Waals surface area contributed by atoms with Crippen LogP contribution in [0.25, 0.3) is 0 Å². The van der Waals surface area contributed by atoms with E-state index >= 15 is 0 Å². The maximum atomic E-state index is 10.2. The summed E-state index contributed by atoms with van der Waals surface area (Å²) in [5, 5.41) is 0. The van der Waals surface area contributed by atoms with Crippen LogP contribution in [0.2, 0.25) is 0 Å². The molecule has 0 saturated heterocycles. The van der Waals surface area contributed by atoms with Gasteiger partial charge in [-0.25, -0.2) is 12.7 Å². The van der Waals surface area contributed by atoms with Gasteiger partial charge in [-0.2, -0.15) is 0 Å². The van der Waals surface area contributed by atoms with Gasteiger partial charge in [0.1, 0.15) is 0 Å². The predicted molar refractivity (Wildman–Crippen MR) is 30.4 cm³/mol. The van der Waals surface area contributed by atoms with E-state index in [0.29, 0.717) is 0 Å². The third-order valence-electron chi connectivity index (χ3n) is 1.10. The molecule has 10 heavy (non-hydrogen) atoms. The molecule has 0 amide bonds. The molecule has 0 aromatic rings. The summed E-state index contributed by atoms with van der Waals surface area (Å²) in [7, 11) is -4.18. The van der Waals surface area contributed by atoms with Crippen LogP contribution in [0.4, 0.5) is 0 Å². The molecule has 0 radical (unpaired) electrons. The Morgan fingerprint density at radius 1 is 1.30 bits per heavy atom. The van der Waals surface area contributed by atoms with Crippen LogP contribution in [0.5, 0.6) is 0 Å². The van der Waals surface area contributed by atoms with Crippen LogP contribution in [0.1, 0.15) is 0 Å². The van der Waals surface area contributed by atoms with E-state index in [1.54, 1.807) is 12.2 Å². The van der Waals surface area contributed by atoms with Crippen molar-refractivity contribution in [1.82, 2.24) is 4.31 Å². The van der Waals surface area contributed by atoms with Gasteiger partial charge in [0.05, 0.1) is 0 Å². The second kappa shape index (κ2) is 3.56. The van der Waals surface area contributed by atoms with Crippen LogP contribution in [0, 0.1) is 0 Å². The van der Waals surface area contributed by atoms with Crippen molar-refractivity contribution in [3.05, 3.63) is 12.2 Å². The summed E-state index contributed by atoms with van der Waals surface area (Å²) in [5.41, 5.74) is 0. The van der Waals surface area contributed by atoms with Crippen LogP contribution in [0.15, 0.2) is 12.2 Å². The fraction of sp³-hybridized carbons (Fsp3) is 0.500. The number of rotatable bonds is 1. The second-order valence-corrected chi connectivity index (χ2v) is 3.12. The van der Waals surface area contributed by atoms with Crippen LogP contribution in [-0.4, -0.2) is 30.4 Å². The minimum Gasteiger partial charge on any atom is -0.735 e. The molecule has 0 aromatic heterocycles. The van der Waals surface area contributed by atoms with E-state index in [1.165, 1.54) is 0 Å². The molecule has 1 heterocycles. The molecule has 0 fully saturated rings. The van der Waals surface area contributed by atoms with Crippen molar-refractivity contribution >= 4 is 10.3 Å². The summed E-state index contributed by atoms with van der Waals surface area (Å²) < 4.78 is 31.3. The number of hydrogen-bond donors (Lipinski definition) is 0. The quantitative estimate of drug-likeness (QED) is 0.222. The Hall–Kier alpha value is 0.207. The van der Waals surface area contributed by atoms with Gasteiger partial charge >= 0.3 is 18.9 Å². The monoisotopic (exact) mass is 155 g/mol. The summed E-state index contributed by atoms with van der Waals surface area (Å²) >= 11 is 0. The smallest absolute Gasteiger partial charge is 0.735 e.